The van der Waals surface area contributed by atoms with Gasteiger partial charge in [-0.25, -0.2) is 0 Å². The summed E-state index contributed by atoms with van der Waals surface area (Å²) in [6.07, 6.45) is -0.191. The van der Waals surface area contributed by atoms with Gasteiger partial charge in [0, 0.05) is 29.7 Å². The van der Waals surface area contributed by atoms with Crippen molar-refractivity contribution in [2.75, 3.05) is 6.54 Å². The van der Waals surface area contributed by atoms with Gasteiger partial charge in [-0.05, 0) is 24.5 Å². The van der Waals surface area contributed by atoms with E-state index >= 15 is 0 Å². The molecule has 0 saturated heterocycles. The first-order valence-electron chi connectivity index (χ1n) is 9.73. The molecule has 7 nitrogen and oxygen atoms in total. The summed E-state index contributed by atoms with van der Waals surface area (Å²) in [5.41, 5.74) is 0.866. The third-order valence-electron chi connectivity index (χ3n) is 4.68. The van der Waals surface area contributed by atoms with Crippen molar-refractivity contribution in [3.05, 3.63) is 74.8 Å². The normalized spacial score (nSPS) is 11.8. The first-order valence-corrected chi connectivity index (χ1v) is 10.1. The van der Waals surface area contributed by atoms with Crippen LogP contribution in [0.4, 0.5) is 5.69 Å². The van der Waals surface area contributed by atoms with E-state index in [1.807, 2.05) is 13.8 Å². The van der Waals surface area contributed by atoms with Crippen LogP contribution in [0.2, 0.25) is 5.02 Å². The molecule has 1 N–H and O–H groups in total. The molecule has 1 atom stereocenters. The highest BCUT2D eigenvalue weighted by Gasteiger charge is 2.28. The number of hydrogen-bond acceptors (Lipinski definition) is 4. The van der Waals surface area contributed by atoms with Crippen molar-refractivity contribution in [2.45, 2.75) is 39.8 Å². The highest BCUT2D eigenvalue weighted by molar-refractivity contribution is 6.31. The van der Waals surface area contributed by atoms with Crippen molar-refractivity contribution in [3.8, 4) is 0 Å². The van der Waals surface area contributed by atoms with Crippen LogP contribution in [-0.2, 0) is 22.6 Å². The Morgan fingerprint density at radius 2 is 1.67 bits per heavy atom. The minimum Gasteiger partial charge on any atom is -0.354 e. The average Bonchev–Trinajstić information content (AvgIpc) is 2.71. The molecule has 0 heterocycles. The van der Waals surface area contributed by atoms with E-state index in [0.29, 0.717) is 22.7 Å². The predicted molar refractivity (Wildman–Crippen MR) is 116 cm³/mol. The van der Waals surface area contributed by atoms with Crippen LogP contribution >= 0.6 is 11.6 Å². The first-order chi connectivity index (χ1) is 14.2. The van der Waals surface area contributed by atoms with Crippen LogP contribution in [0.15, 0.2) is 48.5 Å². The van der Waals surface area contributed by atoms with Gasteiger partial charge in [0.1, 0.15) is 6.04 Å². The third kappa shape index (κ3) is 6.29. The second-order valence-electron chi connectivity index (χ2n) is 7.49. The van der Waals surface area contributed by atoms with Gasteiger partial charge in [-0.2, -0.15) is 0 Å². The molecule has 160 valence electrons. The second kappa shape index (κ2) is 10.7. The summed E-state index contributed by atoms with van der Waals surface area (Å²) in [5.74, 6) is -0.413. The molecule has 0 aliphatic carbocycles. The summed E-state index contributed by atoms with van der Waals surface area (Å²) in [6, 6.07) is 12.4. The molecular weight excluding hydrogens is 406 g/mol. The molecule has 0 saturated carbocycles. The SMILES string of the molecule is CC(C)CNC(=O)[C@@H](C)N(Cc1ccccc1Cl)C(=O)Cc1ccccc1[N+](=O)[O-]. The highest BCUT2D eigenvalue weighted by Crippen LogP contribution is 2.22. The van der Waals surface area contributed by atoms with E-state index in [4.69, 9.17) is 11.6 Å². The maximum atomic E-state index is 13.2. The van der Waals surface area contributed by atoms with Gasteiger partial charge in [0.25, 0.3) is 5.69 Å². The molecule has 30 heavy (non-hydrogen) atoms. The lowest BCUT2D eigenvalue weighted by Crippen LogP contribution is -2.48. The number of nitro benzene ring substituents is 1. The number of nitrogens with zero attached hydrogens (tertiary/aromatic N) is 2. The first kappa shape index (κ1) is 23.3. The number of carbonyl (C=O) groups excluding carboxylic acids is 2. The van der Waals surface area contributed by atoms with Crippen LogP contribution in [0, 0.1) is 16.0 Å². The summed E-state index contributed by atoms with van der Waals surface area (Å²) in [6.45, 7) is 6.21. The van der Waals surface area contributed by atoms with Crippen molar-refractivity contribution in [2.24, 2.45) is 5.92 Å². The molecule has 2 amide bonds. The molecule has 2 rings (SSSR count). The summed E-state index contributed by atoms with van der Waals surface area (Å²) in [4.78, 5) is 38.0. The van der Waals surface area contributed by atoms with Crippen LogP contribution in [0.3, 0.4) is 0 Å². The van der Waals surface area contributed by atoms with E-state index in [0.717, 1.165) is 0 Å². The Kier molecular flexibility index (Phi) is 8.35. The maximum Gasteiger partial charge on any atom is 0.273 e. The topological polar surface area (TPSA) is 92.6 Å². The van der Waals surface area contributed by atoms with Gasteiger partial charge in [-0.3, -0.25) is 19.7 Å². The summed E-state index contributed by atoms with van der Waals surface area (Å²) < 4.78 is 0. The fraction of sp³-hybridized carbons (Fsp3) is 0.364. The van der Waals surface area contributed by atoms with Gasteiger partial charge in [0.15, 0.2) is 0 Å². The van der Waals surface area contributed by atoms with Gasteiger partial charge < -0.3 is 10.2 Å². The molecule has 0 fully saturated rings. The molecule has 0 bridgehead atoms. The van der Waals surface area contributed by atoms with Gasteiger partial charge in [-0.1, -0.05) is 61.8 Å². The van der Waals surface area contributed by atoms with Crippen molar-refractivity contribution >= 4 is 29.1 Å². The molecule has 0 unspecified atom stereocenters. The fourth-order valence-electron chi connectivity index (χ4n) is 2.95. The number of benzene rings is 2. The van der Waals surface area contributed by atoms with Crippen LogP contribution in [0.1, 0.15) is 31.9 Å². The number of carbonyl (C=O) groups is 2. The van der Waals surface area contributed by atoms with E-state index in [2.05, 4.69) is 5.32 Å². The van der Waals surface area contributed by atoms with Crippen LogP contribution in [-0.4, -0.2) is 34.2 Å². The van der Waals surface area contributed by atoms with E-state index in [1.165, 1.54) is 11.0 Å². The van der Waals surface area contributed by atoms with E-state index in [-0.39, 0.29) is 30.5 Å². The van der Waals surface area contributed by atoms with Crippen molar-refractivity contribution in [1.82, 2.24) is 10.2 Å². The quantitative estimate of drug-likeness (QED) is 0.480. The lowest BCUT2D eigenvalue weighted by Gasteiger charge is -2.29. The van der Waals surface area contributed by atoms with Crippen molar-refractivity contribution in [3.63, 3.8) is 0 Å². The maximum absolute atomic E-state index is 13.2. The Hall–Kier alpha value is -2.93. The van der Waals surface area contributed by atoms with Gasteiger partial charge in [0.05, 0.1) is 11.3 Å². The number of nitrogens with one attached hydrogen (secondary N) is 1. The number of hydrogen-bond donors (Lipinski definition) is 1. The molecular formula is C22H26ClN3O4. The van der Waals surface area contributed by atoms with Crippen LogP contribution < -0.4 is 5.32 Å². The Morgan fingerprint density at radius 1 is 1.07 bits per heavy atom. The lowest BCUT2D eigenvalue weighted by atomic mass is 10.1. The summed E-state index contributed by atoms with van der Waals surface area (Å²) in [7, 11) is 0. The van der Waals surface area contributed by atoms with Crippen molar-refractivity contribution < 1.29 is 14.5 Å². The number of halogens is 1. The van der Waals surface area contributed by atoms with E-state index in [1.54, 1.807) is 49.4 Å². The number of nitro groups is 1. The molecule has 0 spiro atoms. The summed E-state index contributed by atoms with van der Waals surface area (Å²) in [5, 5.41) is 14.6. The molecule has 8 heteroatoms. The Bertz CT molecular complexity index is 917. The Morgan fingerprint density at radius 3 is 2.27 bits per heavy atom. The zero-order valence-corrected chi connectivity index (χ0v) is 18.1. The number of rotatable bonds is 9. The summed E-state index contributed by atoms with van der Waals surface area (Å²) >= 11 is 6.26. The molecule has 0 aliphatic rings. The zero-order valence-electron chi connectivity index (χ0n) is 17.3. The molecule has 2 aromatic carbocycles. The van der Waals surface area contributed by atoms with Gasteiger partial charge in [-0.15, -0.1) is 0 Å². The minimum atomic E-state index is -0.768. The Labute approximate surface area is 181 Å². The van der Waals surface area contributed by atoms with Gasteiger partial charge in [0.2, 0.25) is 11.8 Å². The zero-order chi connectivity index (χ0) is 22.3. The van der Waals surface area contributed by atoms with E-state index in [9.17, 15) is 19.7 Å². The highest BCUT2D eigenvalue weighted by atomic mass is 35.5. The number of para-hydroxylation sites is 1. The smallest absolute Gasteiger partial charge is 0.273 e. The molecule has 2 aromatic rings. The number of amides is 2. The third-order valence-corrected chi connectivity index (χ3v) is 5.05. The lowest BCUT2D eigenvalue weighted by molar-refractivity contribution is -0.385. The minimum absolute atomic E-state index is 0.120. The van der Waals surface area contributed by atoms with Crippen LogP contribution in [0.5, 0.6) is 0 Å². The van der Waals surface area contributed by atoms with Gasteiger partial charge >= 0.3 is 0 Å². The van der Waals surface area contributed by atoms with Crippen LogP contribution in [0.25, 0.3) is 0 Å². The molecule has 0 aromatic heterocycles. The molecule has 0 aliphatic heterocycles. The van der Waals surface area contributed by atoms with E-state index < -0.39 is 16.9 Å². The molecule has 0 radical (unpaired) electrons. The Balaban J connectivity index is 2.30. The fourth-order valence-corrected chi connectivity index (χ4v) is 3.14. The largest absolute Gasteiger partial charge is 0.354 e. The predicted octanol–water partition coefficient (Wildman–Crippen LogP) is 3.98. The van der Waals surface area contributed by atoms with Crippen molar-refractivity contribution in [1.29, 1.82) is 0 Å². The monoisotopic (exact) mass is 431 g/mol. The second-order valence-corrected chi connectivity index (χ2v) is 7.90. The standard InChI is InChI=1S/C22H26ClN3O4/c1-15(2)13-24-22(28)16(3)25(14-18-9-4-6-10-19(18)23)21(27)12-17-8-5-7-11-20(17)26(29)30/h4-11,15-16H,12-14H2,1-3H3,(H,24,28)/t16-/m1/s1. The average molecular weight is 432 g/mol.